The Morgan fingerprint density at radius 1 is 1.03 bits per heavy atom. The van der Waals surface area contributed by atoms with Gasteiger partial charge in [0.15, 0.2) is 0 Å². The molecule has 148 valence electrons. The minimum atomic E-state index is -0.315. The van der Waals surface area contributed by atoms with Gasteiger partial charge in [0.1, 0.15) is 0 Å². The van der Waals surface area contributed by atoms with Crippen LogP contribution in [0.15, 0.2) is 82.7 Å². The van der Waals surface area contributed by atoms with Gasteiger partial charge >= 0.3 is 5.97 Å². The first-order chi connectivity index (χ1) is 14.7. The van der Waals surface area contributed by atoms with Crippen molar-refractivity contribution in [2.75, 3.05) is 11.9 Å². The van der Waals surface area contributed by atoms with Gasteiger partial charge in [0.2, 0.25) is 0 Å². The van der Waals surface area contributed by atoms with Gasteiger partial charge < -0.3 is 10.1 Å². The number of carbonyl (C=O) groups is 1. The highest BCUT2D eigenvalue weighted by atomic mass is 32.2. The van der Waals surface area contributed by atoms with E-state index in [9.17, 15) is 4.79 Å². The van der Waals surface area contributed by atoms with Crippen molar-refractivity contribution in [1.29, 1.82) is 0 Å². The minimum absolute atomic E-state index is 0.315. The average Bonchev–Trinajstić information content (AvgIpc) is 2.77. The molecule has 0 saturated heterocycles. The Balaban J connectivity index is 1.27. The second-order valence-corrected chi connectivity index (χ2v) is 8.32. The van der Waals surface area contributed by atoms with Crippen molar-refractivity contribution in [2.45, 2.75) is 23.1 Å². The van der Waals surface area contributed by atoms with Gasteiger partial charge in [0.25, 0.3) is 0 Å². The summed E-state index contributed by atoms with van der Waals surface area (Å²) in [6.45, 7) is 2.46. The summed E-state index contributed by atoms with van der Waals surface area (Å²) in [4.78, 5) is 19.4. The summed E-state index contributed by atoms with van der Waals surface area (Å²) in [7, 11) is 0. The lowest BCUT2D eigenvalue weighted by Crippen LogP contribution is -2.09. The van der Waals surface area contributed by atoms with Crippen LogP contribution in [-0.2, 0) is 11.2 Å². The van der Waals surface area contributed by atoms with Crippen molar-refractivity contribution in [3.8, 4) is 0 Å². The van der Waals surface area contributed by atoms with E-state index in [1.54, 1.807) is 24.0 Å². The monoisotopic (exact) mass is 412 g/mol. The minimum Gasteiger partial charge on any atom is -0.462 e. The first kappa shape index (κ1) is 18.7. The largest absolute Gasteiger partial charge is 0.462 e. The van der Waals surface area contributed by atoms with Gasteiger partial charge in [-0.05, 0) is 48.4 Å². The van der Waals surface area contributed by atoms with Gasteiger partial charge in [-0.1, -0.05) is 48.2 Å². The second-order valence-electron chi connectivity index (χ2n) is 7.27. The number of ether oxygens (including phenoxy) is 1. The Morgan fingerprint density at radius 3 is 2.87 bits per heavy atom. The van der Waals surface area contributed by atoms with Crippen molar-refractivity contribution in [1.82, 2.24) is 4.98 Å². The van der Waals surface area contributed by atoms with Crippen LogP contribution in [0.4, 0.5) is 11.4 Å². The normalized spacial score (nSPS) is 12.0. The number of hydrogen-bond acceptors (Lipinski definition) is 5. The number of aromatic nitrogens is 1. The fourth-order valence-corrected chi connectivity index (χ4v) is 4.71. The van der Waals surface area contributed by atoms with Crippen LogP contribution in [0.1, 0.15) is 21.5 Å². The molecule has 0 amide bonds. The number of esters is 1. The van der Waals surface area contributed by atoms with E-state index in [2.05, 4.69) is 53.6 Å². The zero-order valence-corrected chi connectivity index (χ0v) is 17.3. The first-order valence-electron chi connectivity index (χ1n) is 9.87. The zero-order chi connectivity index (χ0) is 20.5. The zero-order valence-electron chi connectivity index (χ0n) is 16.5. The lowest BCUT2D eigenvalue weighted by molar-refractivity contribution is 0.0511. The van der Waals surface area contributed by atoms with Crippen LogP contribution in [-0.4, -0.2) is 17.6 Å². The summed E-state index contributed by atoms with van der Waals surface area (Å²) in [6.07, 6.45) is 2.31. The molecule has 0 spiro atoms. The average molecular weight is 413 g/mol. The van der Waals surface area contributed by atoms with Crippen LogP contribution < -0.4 is 5.32 Å². The Morgan fingerprint density at radius 2 is 1.93 bits per heavy atom. The fourth-order valence-electron chi connectivity index (χ4n) is 3.67. The predicted molar refractivity (Wildman–Crippen MR) is 121 cm³/mol. The van der Waals surface area contributed by atoms with Gasteiger partial charge in [-0.3, -0.25) is 4.98 Å². The molecule has 2 heterocycles. The molecule has 4 nitrogen and oxygen atoms in total. The number of hydrogen-bond donors (Lipinski definition) is 1. The van der Waals surface area contributed by atoms with E-state index in [-0.39, 0.29) is 5.97 Å². The maximum atomic E-state index is 12.6. The lowest BCUT2D eigenvalue weighted by Gasteiger charge is -2.22. The second kappa shape index (κ2) is 7.84. The molecule has 0 atom stereocenters. The molecule has 0 radical (unpaired) electrons. The molecule has 3 aromatic carbocycles. The number of pyridine rings is 1. The van der Waals surface area contributed by atoms with E-state index in [1.165, 1.54) is 15.4 Å². The maximum absolute atomic E-state index is 12.6. The van der Waals surface area contributed by atoms with E-state index in [4.69, 9.17) is 4.74 Å². The highest BCUT2D eigenvalue weighted by Crippen LogP contribution is 2.45. The first-order valence-corrected chi connectivity index (χ1v) is 10.7. The van der Waals surface area contributed by atoms with Gasteiger partial charge in [-0.2, -0.15) is 0 Å². The van der Waals surface area contributed by atoms with E-state index < -0.39 is 0 Å². The standard InChI is InChI=1S/C25H20N2O2S/c1-16-5-4-8-21-24(16)30-23-10-9-17(15-22(23)27-21)12-14-29-25(28)19-11-13-26-20-7-3-2-6-18(19)20/h2-11,13,15,27H,12,14H2,1H3. The van der Waals surface area contributed by atoms with Gasteiger partial charge in [-0.25, -0.2) is 4.79 Å². The topological polar surface area (TPSA) is 51.2 Å². The number of para-hydroxylation sites is 1. The van der Waals surface area contributed by atoms with Gasteiger partial charge in [0.05, 0.1) is 29.1 Å². The Bertz CT molecular complexity index is 1260. The molecular weight excluding hydrogens is 392 g/mol. The number of anilines is 2. The number of benzene rings is 3. The number of nitrogens with one attached hydrogen (secondary N) is 1. The highest BCUT2D eigenvalue weighted by Gasteiger charge is 2.17. The molecule has 1 N–H and O–H groups in total. The smallest absolute Gasteiger partial charge is 0.338 e. The molecule has 0 saturated carbocycles. The summed E-state index contributed by atoms with van der Waals surface area (Å²) in [5, 5.41) is 4.35. The molecule has 0 unspecified atom stereocenters. The Labute approximate surface area is 179 Å². The van der Waals surface area contributed by atoms with Gasteiger partial charge in [0, 0.05) is 27.8 Å². The van der Waals surface area contributed by atoms with Crippen molar-refractivity contribution < 1.29 is 9.53 Å². The van der Waals surface area contributed by atoms with Gasteiger partial charge in [-0.15, -0.1) is 0 Å². The van der Waals surface area contributed by atoms with Crippen LogP contribution in [0.5, 0.6) is 0 Å². The summed E-state index contributed by atoms with van der Waals surface area (Å²) in [5.41, 5.74) is 5.99. The molecule has 5 rings (SSSR count). The number of fused-ring (bicyclic) bond motifs is 3. The van der Waals surface area contributed by atoms with Crippen LogP contribution in [0.3, 0.4) is 0 Å². The number of aryl methyl sites for hydroxylation is 1. The molecule has 4 aromatic rings. The van der Waals surface area contributed by atoms with E-state index >= 15 is 0 Å². The summed E-state index contributed by atoms with van der Waals surface area (Å²) >= 11 is 1.79. The maximum Gasteiger partial charge on any atom is 0.338 e. The summed E-state index contributed by atoms with van der Waals surface area (Å²) in [6, 6.07) is 22.0. The van der Waals surface area contributed by atoms with E-state index in [0.717, 1.165) is 27.8 Å². The van der Waals surface area contributed by atoms with Crippen molar-refractivity contribution in [2.24, 2.45) is 0 Å². The van der Waals surface area contributed by atoms with Crippen molar-refractivity contribution in [3.63, 3.8) is 0 Å². The lowest BCUT2D eigenvalue weighted by atomic mass is 10.1. The quantitative estimate of drug-likeness (QED) is 0.359. The third kappa shape index (κ3) is 3.53. The van der Waals surface area contributed by atoms with Crippen LogP contribution >= 0.6 is 11.8 Å². The highest BCUT2D eigenvalue weighted by molar-refractivity contribution is 7.99. The third-order valence-corrected chi connectivity index (χ3v) is 6.55. The van der Waals surface area contributed by atoms with Crippen molar-refractivity contribution >= 4 is 40.0 Å². The molecule has 5 heteroatoms. The molecule has 0 fully saturated rings. The molecule has 1 aliphatic heterocycles. The number of rotatable bonds is 4. The summed E-state index contributed by atoms with van der Waals surface area (Å²) in [5.74, 6) is -0.315. The number of carbonyl (C=O) groups excluding carboxylic acids is 1. The molecule has 30 heavy (non-hydrogen) atoms. The Hall–Kier alpha value is -3.31. The van der Waals surface area contributed by atoms with Crippen LogP contribution in [0.25, 0.3) is 10.9 Å². The summed E-state index contributed by atoms with van der Waals surface area (Å²) < 4.78 is 5.56. The molecule has 0 bridgehead atoms. The fraction of sp³-hybridized carbons (Fsp3) is 0.120. The molecule has 0 aliphatic carbocycles. The van der Waals surface area contributed by atoms with Crippen LogP contribution in [0.2, 0.25) is 0 Å². The predicted octanol–water partition coefficient (Wildman–Crippen LogP) is 6.15. The van der Waals surface area contributed by atoms with E-state index in [1.807, 2.05) is 24.3 Å². The number of nitrogens with zero attached hydrogens (tertiary/aromatic N) is 1. The molecular formula is C25H20N2O2S. The van der Waals surface area contributed by atoms with Crippen molar-refractivity contribution in [3.05, 3.63) is 89.6 Å². The third-order valence-electron chi connectivity index (χ3n) is 5.23. The molecule has 1 aliphatic rings. The van der Waals surface area contributed by atoms with Crippen LogP contribution in [0, 0.1) is 6.92 Å². The SMILES string of the molecule is Cc1cccc2c1Sc1ccc(CCOC(=O)c3ccnc4ccccc34)cc1N2. The van der Waals surface area contributed by atoms with E-state index in [0.29, 0.717) is 18.6 Å². The Kier molecular flexibility index (Phi) is 4.89. The molecule has 1 aromatic heterocycles.